The zero-order chi connectivity index (χ0) is 41.0. The summed E-state index contributed by atoms with van der Waals surface area (Å²) in [7, 11) is -2.33. The number of unbranched alkanes of at least 4 members (excludes halogenated alkanes) is 3. The highest BCUT2D eigenvalue weighted by Crippen LogP contribution is 2.40. The maximum atomic E-state index is 15.8. The van der Waals surface area contributed by atoms with E-state index in [1.807, 2.05) is 20.8 Å². The molecule has 300 valence electrons. The van der Waals surface area contributed by atoms with Gasteiger partial charge in [0.15, 0.2) is 52.4 Å². The number of rotatable bonds is 17. The Morgan fingerprint density at radius 3 is 1.24 bits per heavy atom. The highest BCUT2D eigenvalue weighted by Gasteiger charge is 2.41. The van der Waals surface area contributed by atoms with Crippen molar-refractivity contribution < 1.29 is 71.1 Å². The van der Waals surface area contributed by atoms with Gasteiger partial charge in [-0.15, -0.1) is 12.1 Å². The van der Waals surface area contributed by atoms with Crippen molar-refractivity contribution in [3.63, 3.8) is 0 Å². The van der Waals surface area contributed by atoms with Crippen molar-refractivity contribution in [3.05, 3.63) is 124 Å². The topological polar surface area (TPSA) is 27.7 Å². The van der Waals surface area contributed by atoms with Crippen molar-refractivity contribution in [2.75, 3.05) is 19.6 Å². The monoisotopic (exact) mass is 795 g/mol. The summed E-state index contributed by atoms with van der Waals surface area (Å²) in [6, 6.07) is 4.78. The molecule has 0 N–H and O–H groups in total. The summed E-state index contributed by atoms with van der Waals surface area (Å²) < 4.78 is 181. The van der Waals surface area contributed by atoms with Gasteiger partial charge in [0.25, 0.3) is 0 Å². The van der Waals surface area contributed by atoms with E-state index in [1.165, 1.54) is 0 Å². The molecular formula is C38H38BF12NO3. The minimum absolute atomic E-state index is 0.281. The summed E-state index contributed by atoms with van der Waals surface area (Å²) in [6.45, 7) is 9.26. The SMILES string of the molecule is CCCC[N+](CCCC)(CCCC)C(C)c1c(OB(Oc2cc(F)c(F)c(F)c2)Oc2cc(F)c(F)c(F)c2)cc(F)c(F)c1F.Fc1c[c-]cc(F)c1F. The first-order valence-corrected chi connectivity index (χ1v) is 17.3. The average Bonchev–Trinajstić information content (AvgIpc) is 3.14. The van der Waals surface area contributed by atoms with Gasteiger partial charge in [-0.05, 0) is 26.2 Å². The van der Waals surface area contributed by atoms with Gasteiger partial charge >= 0.3 is 7.32 Å². The molecule has 1 atom stereocenters. The molecule has 55 heavy (non-hydrogen) atoms. The lowest BCUT2D eigenvalue weighted by Crippen LogP contribution is -2.52. The summed E-state index contributed by atoms with van der Waals surface area (Å²) in [5.74, 6) is -21.5. The Morgan fingerprint density at radius 2 is 0.873 bits per heavy atom. The van der Waals surface area contributed by atoms with Gasteiger partial charge in [-0.1, -0.05) is 40.0 Å². The lowest BCUT2D eigenvalue weighted by Gasteiger charge is -2.45. The van der Waals surface area contributed by atoms with Crippen molar-refractivity contribution in [1.82, 2.24) is 0 Å². The third-order valence-electron chi connectivity index (χ3n) is 8.71. The molecule has 0 saturated carbocycles. The molecule has 17 heteroatoms. The third kappa shape index (κ3) is 11.5. The lowest BCUT2D eigenvalue weighted by atomic mass is 9.98. The number of hydrogen-bond donors (Lipinski definition) is 0. The van der Waals surface area contributed by atoms with Gasteiger partial charge in [-0.2, -0.15) is 6.07 Å². The normalized spacial score (nSPS) is 11.9. The molecule has 4 aromatic carbocycles. The summed E-state index contributed by atoms with van der Waals surface area (Å²) in [4.78, 5) is 0. The number of nitrogens with zero attached hydrogens (tertiary/aromatic N) is 1. The van der Waals surface area contributed by atoms with Gasteiger partial charge < -0.3 is 18.4 Å². The maximum Gasteiger partial charge on any atom is 0.864 e. The maximum absolute atomic E-state index is 15.8. The van der Waals surface area contributed by atoms with Crippen molar-refractivity contribution >= 4 is 7.32 Å². The Kier molecular flexibility index (Phi) is 16.6. The number of halogens is 12. The fourth-order valence-corrected chi connectivity index (χ4v) is 5.71. The molecule has 0 bridgehead atoms. The lowest BCUT2D eigenvalue weighted by molar-refractivity contribution is -0.956. The van der Waals surface area contributed by atoms with E-state index in [4.69, 9.17) is 14.0 Å². The van der Waals surface area contributed by atoms with Crippen LogP contribution in [0.4, 0.5) is 52.7 Å². The van der Waals surface area contributed by atoms with Crippen LogP contribution in [0.1, 0.15) is 77.8 Å². The van der Waals surface area contributed by atoms with Crippen LogP contribution < -0.4 is 14.0 Å². The molecule has 0 aromatic heterocycles. The second kappa shape index (κ2) is 20.4. The molecule has 0 saturated heterocycles. The highest BCUT2D eigenvalue weighted by molar-refractivity contribution is 6.39. The zero-order valence-electron chi connectivity index (χ0n) is 30.3. The van der Waals surface area contributed by atoms with Gasteiger partial charge in [0.05, 0.1) is 31.0 Å². The molecule has 0 heterocycles. The van der Waals surface area contributed by atoms with Gasteiger partial charge in [0.1, 0.15) is 23.3 Å². The quantitative estimate of drug-likeness (QED) is 0.0350. The molecule has 4 aromatic rings. The summed E-state index contributed by atoms with van der Waals surface area (Å²) in [5, 5.41) is 0. The van der Waals surface area contributed by atoms with Crippen LogP contribution in [0.25, 0.3) is 0 Å². The van der Waals surface area contributed by atoms with Crippen LogP contribution in [0.5, 0.6) is 17.2 Å². The van der Waals surface area contributed by atoms with Crippen LogP contribution in [-0.4, -0.2) is 31.4 Å². The van der Waals surface area contributed by atoms with Crippen molar-refractivity contribution in [1.29, 1.82) is 0 Å². The first-order valence-electron chi connectivity index (χ1n) is 17.3. The Labute approximate surface area is 311 Å². The van der Waals surface area contributed by atoms with Crippen LogP contribution in [0.2, 0.25) is 0 Å². The summed E-state index contributed by atoms with van der Waals surface area (Å²) >= 11 is 0. The van der Waals surface area contributed by atoms with Crippen molar-refractivity contribution in [3.8, 4) is 17.2 Å². The standard InChI is InChI=1S/C32H36BF9NO3.C6H2F3/c1-5-8-11-43(12-9-6-2,13-10-7-3)19(4)28-27(18-26(38)31(41)32(28)42)46-33(44-20-14-22(34)29(39)23(35)15-20)45-21-16-24(36)30(40)25(37)17-21;7-4-2-1-3-5(8)6(4)9/h14-19H,5-13H2,1-4H3;2-3H/q+1;-1. The zero-order valence-corrected chi connectivity index (χ0v) is 30.3. The number of quaternary nitrogens is 1. The van der Waals surface area contributed by atoms with E-state index in [9.17, 15) is 48.3 Å². The Balaban J connectivity index is 0.000000788. The second-order valence-electron chi connectivity index (χ2n) is 12.5. The predicted octanol–water partition coefficient (Wildman–Crippen LogP) is 11.6. The van der Waals surface area contributed by atoms with E-state index >= 15 is 4.39 Å². The summed E-state index contributed by atoms with van der Waals surface area (Å²) in [6.07, 6.45) is 4.60. The largest absolute Gasteiger partial charge is 0.864 e. The fraction of sp³-hybridized carbons (Fsp3) is 0.368. The molecule has 4 nitrogen and oxygen atoms in total. The van der Waals surface area contributed by atoms with Crippen LogP contribution in [0, 0.1) is 75.9 Å². The predicted molar refractivity (Wildman–Crippen MR) is 180 cm³/mol. The number of hydrogen-bond acceptors (Lipinski definition) is 3. The van der Waals surface area contributed by atoms with Crippen LogP contribution in [-0.2, 0) is 0 Å². The minimum Gasteiger partial charge on any atom is -0.489 e. The van der Waals surface area contributed by atoms with Crippen LogP contribution in [0.3, 0.4) is 0 Å². The van der Waals surface area contributed by atoms with Gasteiger partial charge in [0, 0.05) is 42.0 Å². The molecule has 0 radical (unpaired) electrons. The van der Waals surface area contributed by atoms with E-state index < -0.39 is 106 Å². The van der Waals surface area contributed by atoms with E-state index in [0.29, 0.717) is 50.0 Å². The first-order chi connectivity index (χ1) is 26.0. The molecule has 0 spiro atoms. The van der Waals surface area contributed by atoms with Gasteiger partial charge in [-0.3, -0.25) is 8.78 Å². The molecule has 0 fully saturated rings. The smallest absolute Gasteiger partial charge is 0.489 e. The Morgan fingerprint density at radius 1 is 0.509 bits per heavy atom. The van der Waals surface area contributed by atoms with Crippen molar-refractivity contribution in [2.24, 2.45) is 0 Å². The van der Waals surface area contributed by atoms with Crippen LogP contribution >= 0.6 is 0 Å². The highest BCUT2D eigenvalue weighted by atomic mass is 19.2. The van der Waals surface area contributed by atoms with E-state index in [1.54, 1.807) is 6.92 Å². The molecule has 4 rings (SSSR count). The van der Waals surface area contributed by atoms with E-state index in [0.717, 1.165) is 50.7 Å². The minimum atomic E-state index is -2.33. The Bertz CT molecular complexity index is 1750. The van der Waals surface area contributed by atoms with Gasteiger partial charge in [-0.25, -0.2) is 43.9 Å². The molecule has 0 amide bonds. The van der Waals surface area contributed by atoms with E-state index in [-0.39, 0.29) is 4.48 Å². The Hall–Kier alpha value is -4.54. The molecule has 1 unspecified atom stereocenters. The van der Waals surface area contributed by atoms with Crippen molar-refractivity contribution in [2.45, 2.75) is 72.3 Å². The number of benzene rings is 4. The molecular weight excluding hydrogens is 757 g/mol. The van der Waals surface area contributed by atoms with Crippen LogP contribution in [0.15, 0.2) is 42.5 Å². The first kappa shape index (κ1) is 44.9. The van der Waals surface area contributed by atoms with Gasteiger partial charge in [0.2, 0.25) is 0 Å². The molecule has 0 aliphatic carbocycles. The fourth-order valence-electron chi connectivity index (χ4n) is 5.71. The van der Waals surface area contributed by atoms with E-state index in [2.05, 4.69) is 6.07 Å². The third-order valence-corrected chi connectivity index (χ3v) is 8.71. The second-order valence-corrected chi connectivity index (χ2v) is 12.5. The molecule has 0 aliphatic heterocycles. The average molecular weight is 796 g/mol. The summed E-state index contributed by atoms with van der Waals surface area (Å²) in [5.41, 5.74) is -0.410. The molecule has 0 aliphatic rings.